The maximum atomic E-state index is 6.04. The first-order chi connectivity index (χ1) is 11.6. The molecule has 5 heteroatoms. The zero-order chi connectivity index (χ0) is 17.1. The molecule has 130 valence electrons. The Balaban J connectivity index is 1.83. The summed E-state index contributed by atoms with van der Waals surface area (Å²) in [7, 11) is 0. The molecule has 2 aromatic rings. The van der Waals surface area contributed by atoms with Crippen molar-refractivity contribution in [2.24, 2.45) is 0 Å². The Morgan fingerprint density at radius 1 is 1.33 bits per heavy atom. The van der Waals surface area contributed by atoms with Gasteiger partial charge in [0.2, 0.25) is 11.7 Å². The van der Waals surface area contributed by atoms with Crippen molar-refractivity contribution in [2.45, 2.75) is 59.0 Å². The van der Waals surface area contributed by atoms with E-state index in [4.69, 9.17) is 9.26 Å². The summed E-state index contributed by atoms with van der Waals surface area (Å²) in [6.45, 7) is 10.4. The van der Waals surface area contributed by atoms with Gasteiger partial charge in [-0.05, 0) is 69.8 Å². The van der Waals surface area contributed by atoms with E-state index in [9.17, 15) is 0 Å². The molecule has 1 aromatic heterocycles. The molecule has 24 heavy (non-hydrogen) atoms. The maximum Gasteiger partial charge on any atom is 0.231 e. The Bertz CT molecular complexity index is 667. The Labute approximate surface area is 143 Å². The van der Waals surface area contributed by atoms with Crippen LogP contribution in [0.4, 0.5) is 0 Å². The number of rotatable bonds is 5. The fourth-order valence-electron chi connectivity index (χ4n) is 3.13. The second-order valence-electron chi connectivity index (χ2n) is 6.78. The number of hydrogen-bond acceptors (Lipinski definition) is 5. The van der Waals surface area contributed by atoms with Crippen LogP contribution in [0, 0.1) is 13.8 Å². The lowest BCUT2D eigenvalue weighted by atomic mass is 10.00. The highest BCUT2D eigenvalue weighted by molar-refractivity contribution is 5.61. The lowest BCUT2D eigenvalue weighted by Gasteiger charge is -2.18. The summed E-state index contributed by atoms with van der Waals surface area (Å²) in [6, 6.07) is 4.16. The van der Waals surface area contributed by atoms with Gasteiger partial charge in [-0.15, -0.1) is 0 Å². The third-order valence-electron chi connectivity index (χ3n) is 4.70. The zero-order valence-corrected chi connectivity index (χ0v) is 15.1. The van der Waals surface area contributed by atoms with Gasteiger partial charge in [-0.3, -0.25) is 0 Å². The van der Waals surface area contributed by atoms with Crippen LogP contribution in [0.5, 0.6) is 5.75 Å². The Morgan fingerprint density at radius 3 is 2.71 bits per heavy atom. The van der Waals surface area contributed by atoms with Gasteiger partial charge < -0.3 is 14.6 Å². The van der Waals surface area contributed by atoms with Crippen LogP contribution in [0.1, 0.15) is 56.0 Å². The smallest absolute Gasteiger partial charge is 0.231 e. The molecule has 2 heterocycles. The summed E-state index contributed by atoms with van der Waals surface area (Å²) in [6.07, 6.45) is 3.46. The van der Waals surface area contributed by atoms with E-state index in [2.05, 4.69) is 55.3 Å². The number of aromatic nitrogens is 2. The first kappa shape index (κ1) is 17.0. The standard InChI is InChI=1S/C19H27N3O2/c1-5-14(4)23-17-12(2)9-16(10-13(17)3)18-21-19(24-22-18)15-7-6-8-20-11-15/h9-10,14-15,20H,5-8,11H2,1-4H3/t14-,15-/m0/s1. The van der Waals surface area contributed by atoms with Gasteiger partial charge in [-0.1, -0.05) is 12.1 Å². The van der Waals surface area contributed by atoms with Crippen molar-refractivity contribution in [3.8, 4) is 17.1 Å². The normalized spacial score (nSPS) is 19.2. The van der Waals surface area contributed by atoms with Crippen molar-refractivity contribution < 1.29 is 9.26 Å². The van der Waals surface area contributed by atoms with Crippen LogP contribution in [0.2, 0.25) is 0 Å². The van der Waals surface area contributed by atoms with Gasteiger partial charge in [0.1, 0.15) is 5.75 Å². The molecule has 1 aliphatic rings. The number of piperidine rings is 1. The van der Waals surface area contributed by atoms with E-state index in [1.807, 2.05) is 0 Å². The molecule has 2 atom stereocenters. The molecule has 1 aliphatic heterocycles. The van der Waals surface area contributed by atoms with E-state index < -0.39 is 0 Å². The summed E-state index contributed by atoms with van der Waals surface area (Å²) >= 11 is 0. The molecule has 0 saturated carbocycles. The molecule has 0 amide bonds. The van der Waals surface area contributed by atoms with Gasteiger partial charge in [0.15, 0.2) is 0 Å². The van der Waals surface area contributed by atoms with Gasteiger partial charge >= 0.3 is 0 Å². The number of hydrogen-bond donors (Lipinski definition) is 1. The quantitative estimate of drug-likeness (QED) is 0.898. The van der Waals surface area contributed by atoms with Gasteiger partial charge in [-0.25, -0.2) is 0 Å². The highest BCUT2D eigenvalue weighted by Gasteiger charge is 2.22. The van der Waals surface area contributed by atoms with Crippen molar-refractivity contribution in [1.29, 1.82) is 0 Å². The molecular formula is C19H27N3O2. The Hall–Kier alpha value is -1.88. The topological polar surface area (TPSA) is 60.2 Å². The molecule has 3 rings (SSSR count). The molecule has 0 unspecified atom stereocenters. The van der Waals surface area contributed by atoms with E-state index in [0.717, 1.165) is 60.7 Å². The molecule has 1 saturated heterocycles. The van der Waals surface area contributed by atoms with Crippen LogP contribution < -0.4 is 10.1 Å². The van der Waals surface area contributed by atoms with Crippen molar-refractivity contribution in [3.63, 3.8) is 0 Å². The number of ether oxygens (including phenoxy) is 1. The Morgan fingerprint density at radius 2 is 2.08 bits per heavy atom. The third-order valence-corrected chi connectivity index (χ3v) is 4.70. The van der Waals surface area contributed by atoms with Crippen molar-refractivity contribution in [2.75, 3.05) is 13.1 Å². The highest BCUT2D eigenvalue weighted by Crippen LogP contribution is 2.31. The van der Waals surface area contributed by atoms with E-state index >= 15 is 0 Å². The second kappa shape index (κ2) is 7.34. The van der Waals surface area contributed by atoms with Crippen molar-refractivity contribution in [1.82, 2.24) is 15.5 Å². The highest BCUT2D eigenvalue weighted by atomic mass is 16.5. The van der Waals surface area contributed by atoms with Crippen molar-refractivity contribution in [3.05, 3.63) is 29.2 Å². The lowest BCUT2D eigenvalue weighted by molar-refractivity contribution is 0.214. The van der Waals surface area contributed by atoms with E-state index in [1.54, 1.807) is 0 Å². The first-order valence-electron chi connectivity index (χ1n) is 8.91. The predicted molar refractivity (Wildman–Crippen MR) is 94.4 cm³/mol. The SMILES string of the molecule is CC[C@H](C)Oc1c(C)cc(-c2noc([C@H]3CCCNC3)n2)cc1C. The molecule has 0 bridgehead atoms. The van der Waals surface area contributed by atoms with Crippen LogP contribution in [0.15, 0.2) is 16.7 Å². The minimum absolute atomic E-state index is 0.212. The van der Waals surface area contributed by atoms with Crippen LogP contribution in [-0.4, -0.2) is 29.3 Å². The maximum absolute atomic E-state index is 6.04. The molecule has 5 nitrogen and oxygen atoms in total. The van der Waals surface area contributed by atoms with Gasteiger partial charge in [-0.2, -0.15) is 4.98 Å². The Kier molecular flexibility index (Phi) is 5.19. The van der Waals surface area contributed by atoms with Crippen LogP contribution in [0.25, 0.3) is 11.4 Å². The summed E-state index contributed by atoms with van der Waals surface area (Å²) in [5.41, 5.74) is 3.20. The molecule has 1 fully saturated rings. The molecule has 1 aromatic carbocycles. The summed E-state index contributed by atoms with van der Waals surface area (Å²) in [5.74, 6) is 2.70. The minimum atomic E-state index is 0.212. The second-order valence-corrected chi connectivity index (χ2v) is 6.78. The van der Waals surface area contributed by atoms with E-state index in [-0.39, 0.29) is 6.10 Å². The van der Waals surface area contributed by atoms with Gasteiger partial charge in [0.25, 0.3) is 0 Å². The number of aryl methyl sites for hydroxylation is 2. The van der Waals surface area contributed by atoms with Crippen LogP contribution >= 0.6 is 0 Å². The fraction of sp³-hybridized carbons (Fsp3) is 0.579. The first-order valence-corrected chi connectivity index (χ1v) is 8.91. The minimum Gasteiger partial charge on any atom is -0.490 e. The van der Waals surface area contributed by atoms with Crippen LogP contribution in [-0.2, 0) is 0 Å². The zero-order valence-electron chi connectivity index (χ0n) is 15.1. The molecule has 0 radical (unpaired) electrons. The average molecular weight is 329 g/mol. The summed E-state index contributed by atoms with van der Waals surface area (Å²) in [4.78, 5) is 4.63. The van der Waals surface area contributed by atoms with Gasteiger partial charge in [0.05, 0.1) is 12.0 Å². The average Bonchev–Trinajstić information content (AvgIpc) is 3.08. The third kappa shape index (κ3) is 3.61. The number of nitrogens with one attached hydrogen (secondary N) is 1. The molecular weight excluding hydrogens is 302 g/mol. The predicted octanol–water partition coefficient (Wildman–Crippen LogP) is 4.00. The molecule has 0 spiro atoms. The lowest BCUT2D eigenvalue weighted by Crippen LogP contribution is -2.28. The van der Waals surface area contributed by atoms with Crippen molar-refractivity contribution >= 4 is 0 Å². The molecule has 0 aliphatic carbocycles. The van der Waals surface area contributed by atoms with Gasteiger partial charge in [0, 0.05) is 12.1 Å². The monoisotopic (exact) mass is 329 g/mol. The summed E-state index contributed by atoms with van der Waals surface area (Å²) < 4.78 is 11.6. The largest absolute Gasteiger partial charge is 0.490 e. The fourth-order valence-corrected chi connectivity index (χ4v) is 3.13. The summed E-state index contributed by atoms with van der Waals surface area (Å²) in [5, 5.41) is 7.58. The number of nitrogens with zero attached hydrogens (tertiary/aromatic N) is 2. The molecule has 1 N–H and O–H groups in total. The van der Waals surface area contributed by atoms with E-state index in [0.29, 0.717) is 11.7 Å². The van der Waals surface area contributed by atoms with Crippen LogP contribution in [0.3, 0.4) is 0 Å². The number of benzene rings is 1. The van der Waals surface area contributed by atoms with E-state index in [1.165, 1.54) is 0 Å².